The molecule has 7 nitrogen and oxygen atoms in total. The van der Waals surface area contributed by atoms with Crippen molar-refractivity contribution in [3.05, 3.63) is 64.5 Å². The van der Waals surface area contributed by atoms with E-state index in [-0.39, 0.29) is 43.7 Å². The summed E-state index contributed by atoms with van der Waals surface area (Å²) >= 11 is 0. The maximum atomic E-state index is 13.9. The third kappa shape index (κ3) is 4.14. The van der Waals surface area contributed by atoms with Crippen LogP contribution in [0.4, 0.5) is 8.78 Å². The molecule has 2 aromatic rings. The van der Waals surface area contributed by atoms with Gasteiger partial charge in [-0.25, -0.2) is 13.8 Å². The number of hydrogen-bond donors (Lipinski definition) is 0. The second kappa shape index (κ2) is 8.56. The molecule has 0 saturated carbocycles. The molecule has 1 aliphatic heterocycles. The molecule has 0 N–H and O–H groups in total. The highest BCUT2D eigenvalue weighted by Gasteiger charge is 2.29. The van der Waals surface area contributed by atoms with Crippen LogP contribution in [0.25, 0.3) is 0 Å². The topological polar surface area (TPSA) is 73.8 Å². The number of amides is 3. The van der Waals surface area contributed by atoms with Crippen LogP contribution in [-0.4, -0.2) is 77.7 Å². The fourth-order valence-electron chi connectivity index (χ4n) is 3.28. The van der Waals surface area contributed by atoms with Gasteiger partial charge in [0.25, 0.3) is 17.7 Å². The van der Waals surface area contributed by atoms with Crippen molar-refractivity contribution in [3.8, 4) is 0 Å². The summed E-state index contributed by atoms with van der Waals surface area (Å²) < 4.78 is 27.8. The monoisotopic (exact) mass is 416 g/mol. The van der Waals surface area contributed by atoms with Crippen molar-refractivity contribution in [2.75, 3.05) is 40.3 Å². The Bertz CT molecular complexity index is 981. The van der Waals surface area contributed by atoms with Gasteiger partial charge in [-0.15, -0.1) is 0 Å². The molecule has 0 unspecified atom stereocenters. The normalized spacial score (nSPS) is 13.9. The molecule has 1 aromatic heterocycles. The van der Waals surface area contributed by atoms with Crippen molar-refractivity contribution in [1.29, 1.82) is 0 Å². The first-order chi connectivity index (χ1) is 14.2. The number of hydrogen-bond acceptors (Lipinski definition) is 4. The molecular formula is C21H22F2N4O3. The Kier molecular flexibility index (Phi) is 6.09. The first-order valence-corrected chi connectivity index (χ1v) is 9.42. The van der Waals surface area contributed by atoms with E-state index in [1.54, 1.807) is 32.0 Å². The summed E-state index contributed by atoms with van der Waals surface area (Å²) in [6, 6.07) is 6.34. The molecule has 3 rings (SSSR count). The number of rotatable bonds is 3. The summed E-state index contributed by atoms with van der Waals surface area (Å²) in [5.41, 5.74) is 0.458. The first-order valence-electron chi connectivity index (χ1n) is 9.42. The van der Waals surface area contributed by atoms with Crippen LogP contribution in [0, 0.1) is 18.6 Å². The number of benzene rings is 1. The number of halogens is 2. The third-order valence-corrected chi connectivity index (χ3v) is 4.97. The Morgan fingerprint density at radius 3 is 1.93 bits per heavy atom. The number of carbonyl (C=O) groups excluding carboxylic acids is 3. The van der Waals surface area contributed by atoms with Crippen molar-refractivity contribution < 1.29 is 23.2 Å². The molecule has 1 aliphatic rings. The fraction of sp³-hybridized carbons (Fsp3) is 0.333. The summed E-state index contributed by atoms with van der Waals surface area (Å²) in [6.07, 6.45) is 0. The highest BCUT2D eigenvalue weighted by molar-refractivity contribution is 5.98. The van der Waals surface area contributed by atoms with E-state index in [4.69, 9.17) is 0 Å². The molecule has 0 aliphatic carbocycles. The minimum atomic E-state index is -0.910. The zero-order chi connectivity index (χ0) is 22.0. The summed E-state index contributed by atoms with van der Waals surface area (Å²) in [5.74, 6) is -3.08. The Balaban J connectivity index is 1.68. The summed E-state index contributed by atoms with van der Waals surface area (Å²) in [5, 5.41) is 0. The number of pyridine rings is 1. The number of piperazine rings is 1. The van der Waals surface area contributed by atoms with Gasteiger partial charge in [-0.1, -0.05) is 6.07 Å². The average Bonchev–Trinajstić information content (AvgIpc) is 2.72. The maximum Gasteiger partial charge on any atom is 0.271 e. The molecule has 3 amide bonds. The maximum absolute atomic E-state index is 13.9. The summed E-state index contributed by atoms with van der Waals surface area (Å²) in [7, 11) is 3.23. The molecule has 0 radical (unpaired) electrons. The van der Waals surface area contributed by atoms with Crippen LogP contribution >= 0.6 is 0 Å². The van der Waals surface area contributed by atoms with Crippen molar-refractivity contribution in [2.24, 2.45) is 0 Å². The van der Waals surface area contributed by atoms with E-state index in [2.05, 4.69) is 4.98 Å². The Morgan fingerprint density at radius 1 is 0.900 bits per heavy atom. The third-order valence-electron chi connectivity index (χ3n) is 4.97. The smallest absolute Gasteiger partial charge is 0.271 e. The Hall–Kier alpha value is -3.36. The Labute approximate surface area is 172 Å². The van der Waals surface area contributed by atoms with Crippen LogP contribution < -0.4 is 0 Å². The average molecular weight is 416 g/mol. The van der Waals surface area contributed by atoms with Crippen LogP contribution in [0.3, 0.4) is 0 Å². The molecule has 1 aromatic carbocycles. The minimum Gasteiger partial charge on any atom is -0.343 e. The molecule has 0 atom stereocenters. The van der Waals surface area contributed by atoms with Gasteiger partial charge in [-0.2, -0.15) is 0 Å². The minimum absolute atomic E-state index is 0.155. The van der Waals surface area contributed by atoms with E-state index in [1.165, 1.54) is 21.9 Å². The highest BCUT2D eigenvalue weighted by Crippen LogP contribution is 2.18. The predicted octanol–water partition coefficient (Wildman–Crippen LogP) is 1.97. The van der Waals surface area contributed by atoms with Crippen molar-refractivity contribution >= 4 is 17.7 Å². The van der Waals surface area contributed by atoms with Gasteiger partial charge in [0.1, 0.15) is 22.9 Å². The number of aryl methyl sites for hydroxylation is 1. The van der Waals surface area contributed by atoms with Crippen LogP contribution in [-0.2, 0) is 0 Å². The zero-order valence-corrected chi connectivity index (χ0v) is 17.0. The Morgan fingerprint density at radius 2 is 1.43 bits per heavy atom. The molecular weight excluding hydrogens is 394 g/mol. The lowest BCUT2D eigenvalue weighted by Gasteiger charge is -2.35. The number of carbonyl (C=O) groups is 3. The van der Waals surface area contributed by atoms with E-state index in [9.17, 15) is 23.2 Å². The van der Waals surface area contributed by atoms with E-state index in [0.717, 1.165) is 12.1 Å². The van der Waals surface area contributed by atoms with Gasteiger partial charge in [-0.05, 0) is 31.2 Å². The summed E-state index contributed by atoms with van der Waals surface area (Å²) in [4.78, 5) is 45.9. The molecule has 0 spiro atoms. The van der Waals surface area contributed by atoms with Crippen LogP contribution in [0.5, 0.6) is 0 Å². The second-order valence-corrected chi connectivity index (χ2v) is 7.21. The van der Waals surface area contributed by atoms with Crippen molar-refractivity contribution in [2.45, 2.75) is 6.92 Å². The lowest BCUT2D eigenvalue weighted by atomic mass is 10.1. The van der Waals surface area contributed by atoms with Crippen molar-refractivity contribution in [1.82, 2.24) is 19.7 Å². The lowest BCUT2D eigenvalue weighted by molar-refractivity contribution is 0.0529. The second-order valence-electron chi connectivity index (χ2n) is 7.21. The molecule has 1 fully saturated rings. The van der Waals surface area contributed by atoms with E-state index in [1.807, 2.05) is 0 Å². The standard InChI is InChI=1S/C21H22F2N4O3/c1-13-14(7-8-17(24-13)20(29)25(2)3)19(28)26-9-11-27(12-10-26)21(30)18-15(22)5-4-6-16(18)23/h4-8H,9-12H2,1-3H3. The van der Waals surface area contributed by atoms with Gasteiger partial charge in [0.05, 0.1) is 11.3 Å². The first kappa shape index (κ1) is 21.4. The van der Waals surface area contributed by atoms with Gasteiger partial charge in [-0.3, -0.25) is 14.4 Å². The van der Waals surface area contributed by atoms with E-state index >= 15 is 0 Å². The lowest BCUT2D eigenvalue weighted by Crippen LogP contribution is -2.51. The zero-order valence-electron chi connectivity index (χ0n) is 17.0. The number of aromatic nitrogens is 1. The van der Waals surface area contributed by atoms with Gasteiger partial charge in [0.2, 0.25) is 0 Å². The van der Waals surface area contributed by atoms with Gasteiger partial charge < -0.3 is 14.7 Å². The number of nitrogens with zero attached hydrogens (tertiary/aromatic N) is 4. The van der Waals surface area contributed by atoms with Gasteiger partial charge >= 0.3 is 0 Å². The SMILES string of the molecule is Cc1nc(C(=O)N(C)C)ccc1C(=O)N1CCN(C(=O)c2c(F)cccc2F)CC1. The van der Waals surface area contributed by atoms with Crippen LogP contribution in [0.1, 0.15) is 36.9 Å². The molecule has 0 bridgehead atoms. The summed E-state index contributed by atoms with van der Waals surface area (Å²) in [6.45, 7) is 2.40. The molecule has 158 valence electrons. The van der Waals surface area contributed by atoms with Crippen molar-refractivity contribution in [3.63, 3.8) is 0 Å². The fourth-order valence-corrected chi connectivity index (χ4v) is 3.28. The van der Waals surface area contributed by atoms with Gasteiger partial charge in [0, 0.05) is 40.3 Å². The molecule has 9 heteroatoms. The largest absolute Gasteiger partial charge is 0.343 e. The quantitative estimate of drug-likeness (QED) is 0.767. The van der Waals surface area contributed by atoms with E-state index < -0.39 is 23.1 Å². The van der Waals surface area contributed by atoms with Crippen LogP contribution in [0.15, 0.2) is 30.3 Å². The molecule has 2 heterocycles. The van der Waals surface area contributed by atoms with Gasteiger partial charge in [0.15, 0.2) is 0 Å². The van der Waals surface area contributed by atoms with Crippen LogP contribution in [0.2, 0.25) is 0 Å². The van der Waals surface area contributed by atoms with E-state index in [0.29, 0.717) is 11.3 Å². The molecule has 1 saturated heterocycles. The molecule has 30 heavy (non-hydrogen) atoms. The predicted molar refractivity (Wildman–Crippen MR) is 105 cm³/mol. The highest BCUT2D eigenvalue weighted by atomic mass is 19.1.